The molecule has 0 heterocycles. The quantitative estimate of drug-likeness (QED) is 0.703. The van der Waals surface area contributed by atoms with Crippen LogP contribution in [0.1, 0.15) is 44.0 Å². The van der Waals surface area contributed by atoms with Crippen molar-refractivity contribution in [3.63, 3.8) is 0 Å². The van der Waals surface area contributed by atoms with Crippen molar-refractivity contribution in [2.24, 2.45) is 0 Å². The topological polar surface area (TPSA) is 70.2 Å². The van der Waals surface area contributed by atoms with Gasteiger partial charge in [0, 0.05) is 23.2 Å². The van der Waals surface area contributed by atoms with E-state index in [2.05, 4.69) is 16.0 Å². The van der Waals surface area contributed by atoms with Crippen molar-refractivity contribution < 1.29 is 9.59 Å². The normalized spacial score (nSPS) is 11.0. The van der Waals surface area contributed by atoms with Crippen molar-refractivity contribution >= 4 is 17.5 Å². The minimum Gasteiger partial charge on any atom is -0.347 e. The molecule has 1 aromatic carbocycles. The summed E-state index contributed by atoms with van der Waals surface area (Å²) in [6.45, 7) is 6.62. The van der Waals surface area contributed by atoms with E-state index in [1.807, 2.05) is 27.8 Å². The molecule has 0 aliphatic heterocycles. The Morgan fingerprint density at radius 3 is 2.24 bits per heavy atom. The fourth-order valence-electron chi connectivity index (χ4n) is 1.77. The molecule has 21 heavy (non-hydrogen) atoms. The Kier molecular flexibility index (Phi) is 6.37. The van der Waals surface area contributed by atoms with Crippen LogP contribution in [0.3, 0.4) is 0 Å². The highest BCUT2D eigenvalue weighted by molar-refractivity contribution is 5.96. The van der Waals surface area contributed by atoms with Gasteiger partial charge in [-0.15, -0.1) is 0 Å². The summed E-state index contributed by atoms with van der Waals surface area (Å²) in [5.74, 6) is -0.133. The maximum absolute atomic E-state index is 12.0. The molecule has 0 unspecified atom stereocenters. The first kappa shape index (κ1) is 17.2. The summed E-state index contributed by atoms with van der Waals surface area (Å²) >= 11 is 0. The van der Waals surface area contributed by atoms with E-state index in [1.54, 1.807) is 24.3 Å². The van der Waals surface area contributed by atoms with E-state index < -0.39 is 0 Å². The lowest BCUT2D eigenvalue weighted by Crippen LogP contribution is -2.40. The highest BCUT2D eigenvalue weighted by atomic mass is 16.2. The highest BCUT2D eigenvalue weighted by Crippen LogP contribution is 2.11. The SMILES string of the molecule is CNCCCC(=O)Nc1ccc(C(=O)NC(C)(C)C)cc1. The molecule has 0 radical (unpaired) electrons. The Balaban J connectivity index is 2.54. The molecule has 0 aliphatic carbocycles. The number of carbonyl (C=O) groups excluding carboxylic acids is 2. The van der Waals surface area contributed by atoms with Crippen LogP contribution in [0.15, 0.2) is 24.3 Å². The van der Waals surface area contributed by atoms with Crippen molar-refractivity contribution in [2.75, 3.05) is 18.9 Å². The van der Waals surface area contributed by atoms with E-state index in [4.69, 9.17) is 0 Å². The Morgan fingerprint density at radius 2 is 1.71 bits per heavy atom. The van der Waals surface area contributed by atoms with Crippen molar-refractivity contribution in [3.05, 3.63) is 29.8 Å². The summed E-state index contributed by atoms with van der Waals surface area (Å²) in [4.78, 5) is 23.6. The van der Waals surface area contributed by atoms with Crippen molar-refractivity contribution in [1.29, 1.82) is 0 Å². The number of rotatable bonds is 6. The molecule has 0 bridgehead atoms. The molecule has 0 atom stereocenters. The zero-order valence-electron chi connectivity index (χ0n) is 13.2. The number of hydrogen-bond acceptors (Lipinski definition) is 3. The average Bonchev–Trinajstić information content (AvgIpc) is 2.38. The molecule has 1 rings (SSSR count). The molecule has 0 fully saturated rings. The third-order valence-corrected chi connectivity index (χ3v) is 2.75. The molecule has 0 aliphatic rings. The van der Waals surface area contributed by atoms with E-state index in [-0.39, 0.29) is 17.4 Å². The fourth-order valence-corrected chi connectivity index (χ4v) is 1.77. The molecule has 0 aromatic heterocycles. The Bertz CT molecular complexity index is 475. The molecule has 116 valence electrons. The van der Waals surface area contributed by atoms with Crippen LogP contribution in [0, 0.1) is 0 Å². The number of anilines is 1. The van der Waals surface area contributed by atoms with Crippen LogP contribution in [0.4, 0.5) is 5.69 Å². The van der Waals surface area contributed by atoms with Crippen LogP contribution < -0.4 is 16.0 Å². The summed E-state index contributed by atoms with van der Waals surface area (Å²) in [5.41, 5.74) is 1.02. The monoisotopic (exact) mass is 291 g/mol. The van der Waals surface area contributed by atoms with E-state index in [0.29, 0.717) is 17.7 Å². The zero-order valence-corrected chi connectivity index (χ0v) is 13.2. The van der Waals surface area contributed by atoms with Crippen LogP contribution >= 0.6 is 0 Å². The van der Waals surface area contributed by atoms with Gasteiger partial charge in [0.1, 0.15) is 0 Å². The number of hydrogen-bond donors (Lipinski definition) is 3. The van der Waals surface area contributed by atoms with Crippen molar-refractivity contribution in [1.82, 2.24) is 10.6 Å². The third-order valence-electron chi connectivity index (χ3n) is 2.75. The zero-order chi connectivity index (χ0) is 15.9. The predicted molar refractivity (Wildman–Crippen MR) is 85.5 cm³/mol. The van der Waals surface area contributed by atoms with Gasteiger partial charge in [-0.25, -0.2) is 0 Å². The largest absolute Gasteiger partial charge is 0.347 e. The molecule has 5 heteroatoms. The van der Waals surface area contributed by atoms with Crippen LogP contribution in [0.2, 0.25) is 0 Å². The number of benzene rings is 1. The summed E-state index contributed by atoms with van der Waals surface area (Å²) in [7, 11) is 1.86. The number of carbonyl (C=O) groups is 2. The maximum atomic E-state index is 12.0. The fraction of sp³-hybridized carbons (Fsp3) is 0.500. The van der Waals surface area contributed by atoms with Gasteiger partial charge in [0.15, 0.2) is 0 Å². The third kappa shape index (κ3) is 6.90. The lowest BCUT2D eigenvalue weighted by atomic mass is 10.1. The lowest BCUT2D eigenvalue weighted by Gasteiger charge is -2.20. The first-order valence-corrected chi connectivity index (χ1v) is 7.19. The van der Waals surface area contributed by atoms with Gasteiger partial charge in [0.2, 0.25) is 5.91 Å². The minimum atomic E-state index is -0.267. The van der Waals surface area contributed by atoms with Gasteiger partial charge in [-0.3, -0.25) is 9.59 Å². The van der Waals surface area contributed by atoms with E-state index in [0.717, 1.165) is 13.0 Å². The predicted octanol–water partition coefficient (Wildman–Crippen LogP) is 2.15. The van der Waals surface area contributed by atoms with Crippen LogP contribution in [0.25, 0.3) is 0 Å². The molecule has 2 amide bonds. The first-order valence-electron chi connectivity index (χ1n) is 7.19. The van der Waals surface area contributed by atoms with E-state index >= 15 is 0 Å². The Labute approximate surface area is 126 Å². The van der Waals surface area contributed by atoms with Gasteiger partial charge in [0.05, 0.1) is 0 Å². The van der Waals surface area contributed by atoms with E-state index in [9.17, 15) is 9.59 Å². The lowest BCUT2D eigenvalue weighted by molar-refractivity contribution is -0.116. The minimum absolute atomic E-state index is 0.0165. The van der Waals surface area contributed by atoms with Gasteiger partial charge in [-0.2, -0.15) is 0 Å². The molecule has 0 saturated heterocycles. The number of nitrogens with one attached hydrogen (secondary N) is 3. The maximum Gasteiger partial charge on any atom is 0.251 e. The summed E-state index contributed by atoms with van der Waals surface area (Å²) in [6.07, 6.45) is 1.28. The molecule has 3 N–H and O–H groups in total. The van der Waals surface area contributed by atoms with Crippen LogP contribution in [-0.4, -0.2) is 30.9 Å². The second kappa shape index (κ2) is 7.78. The van der Waals surface area contributed by atoms with E-state index in [1.165, 1.54) is 0 Å². The molecular formula is C16H25N3O2. The second-order valence-corrected chi connectivity index (χ2v) is 6.04. The average molecular weight is 291 g/mol. The van der Waals surface area contributed by atoms with Crippen molar-refractivity contribution in [2.45, 2.75) is 39.2 Å². The standard InChI is InChI=1S/C16H25N3O2/c1-16(2,3)19-15(21)12-7-9-13(10-8-12)18-14(20)6-5-11-17-4/h7-10,17H,5-6,11H2,1-4H3,(H,18,20)(H,19,21). The molecule has 0 saturated carbocycles. The van der Waals surface area contributed by atoms with Crippen molar-refractivity contribution in [3.8, 4) is 0 Å². The van der Waals surface area contributed by atoms with Gasteiger partial charge < -0.3 is 16.0 Å². The number of amides is 2. The van der Waals surface area contributed by atoms with Gasteiger partial charge in [-0.1, -0.05) is 0 Å². The van der Waals surface area contributed by atoms with Gasteiger partial charge in [-0.05, 0) is 65.0 Å². The Morgan fingerprint density at radius 1 is 1.10 bits per heavy atom. The molecule has 0 spiro atoms. The summed E-state index contributed by atoms with van der Waals surface area (Å²) in [6, 6.07) is 6.91. The molecule has 1 aromatic rings. The first-order chi connectivity index (χ1) is 9.81. The molecular weight excluding hydrogens is 266 g/mol. The summed E-state index contributed by atoms with van der Waals surface area (Å²) < 4.78 is 0. The highest BCUT2D eigenvalue weighted by Gasteiger charge is 2.15. The van der Waals surface area contributed by atoms with Gasteiger partial charge >= 0.3 is 0 Å². The second-order valence-electron chi connectivity index (χ2n) is 6.04. The smallest absolute Gasteiger partial charge is 0.251 e. The van der Waals surface area contributed by atoms with Crippen LogP contribution in [-0.2, 0) is 4.79 Å². The summed E-state index contributed by atoms with van der Waals surface area (Å²) in [5, 5.41) is 8.71. The van der Waals surface area contributed by atoms with Gasteiger partial charge in [0.25, 0.3) is 5.91 Å². The Hall–Kier alpha value is -1.88. The van der Waals surface area contributed by atoms with Crippen LogP contribution in [0.5, 0.6) is 0 Å². The molecule has 5 nitrogen and oxygen atoms in total.